The van der Waals surface area contributed by atoms with Gasteiger partial charge < -0.3 is 19.5 Å². The Morgan fingerprint density at radius 3 is 2.54 bits per heavy atom. The second-order valence-electron chi connectivity index (χ2n) is 6.28. The second kappa shape index (κ2) is 8.52. The van der Waals surface area contributed by atoms with Crippen LogP contribution < -0.4 is 10.1 Å². The van der Waals surface area contributed by atoms with Gasteiger partial charge in [-0.1, -0.05) is 0 Å². The van der Waals surface area contributed by atoms with E-state index in [1.54, 1.807) is 27.7 Å². The van der Waals surface area contributed by atoms with E-state index in [4.69, 9.17) is 9.47 Å². The van der Waals surface area contributed by atoms with Crippen molar-refractivity contribution in [3.8, 4) is 5.75 Å². The van der Waals surface area contributed by atoms with Gasteiger partial charge in [0.25, 0.3) is 0 Å². The molecule has 0 saturated heterocycles. The third kappa shape index (κ3) is 6.85. The van der Waals surface area contributed by atoms with Crippen molar-refractivity contribution >= 4 is 12.1 Å². The van der Waals surface area contributed by atoms with E-state index in [0.717, 1.165) is 6.07 Å². The summed E-state index contributed by atoms with van der Waals surface area (Å²) in [5.74, 6) is -1.00. The number of hydrogen-bond acceptors (Lipinski definition) is 5. The number of rotatable bonds is 6. The van der Waals surface area contributed by atoms with Gasteiger partial charge in [0.2, 0.25) is 0 Å². The fourth-order valence-electron chi connectivity index (χ4n) is 1.84. The lowest BCUT2D eigenvalue weighted by Gasteiger charge is -2.20. The third-order valence-corrected chi connectivity index (χ3v) is 2.89. The number of esters is 1. The van der Waals surface area contributed by atoms with E-state index in [1.807, 2.05) is 0 Å². The van der Waals surface area contributed by atoms with E-state index in [1.165, 1.54) is 19.2 Å². The van der Waals surface area contributed by atoms with Crippen LogP contribution in [0.15, 0.2) is 18.2 Å². The van der Waals surface area contributed by atoms with Crippen molar-refractivity contribution in [1.82, 2.24) is 5.32 Å². The summed E-state index contributed by atoms with van der Waals surface area (Å²) in [7, 11) is 1.21. The lowest BCUT2D eigenvalue weighted by atomic mass is 10.2. The first-order valence-corrected chi connectivity index (χ1v) is 7.63. The molecular formula is C17H24FNO5. The molecule has 1 aromatic carbocycles. The quantitative estimate of drug-likeness (QED) is 0.804. The van der Waals surface area contributed by atoms with Crippen LogP contribution >= 0.6 is 0 Å². The van der Waals surface area contributed by atoms with Gasteiger partial charge in [0.05, 0.1) is 13.2 Å². The van der Waals surface area contributed by atoms with E-state index in [-0.39, 0.29) is 17.4 Å². The molecule has 1 amide bonds. The molecule has 0 fully saturated rings. The average Bonchev–Trinajstić information content (AvgIpc) is 2.46. The molecule has 0 spiro atoms. The predicted octanol–water partition coefficient (Wildman–Crippen LogP) is 3.29. The fourth-order valence-corrected chi connectivity index (χ4v) is 1.84. The lowest BCUT2D eigenvalue weighted by molar-refractivity contribution is 0.0521. The van der Waals surface area contributed by atoms with Crippen LogP contribution in [0.3, 0.4) is 0 Å². The number of carbonyl (C=O) groups is 2. The van der Waals surface area contributed by atoms with Crippen molar-refractivity contribution in [3.05, 3.63) is 29.6 Å². The van der Waals surface area contributed by atoms with Crippen molar-refractivity contribution < 1.29 is 28.2 Å². The van der Waals surface area contributed by atoms with Crippen LogP contribution in [-0.2, 0) is 9.47 Å². The molecule has 0 radical (unpaired) electrons. The molecule has 24 heavy (non-hydrogen) atoms. The second-order valence-corrected chi connectivity index (χ2v) is 6.28. The zero-order valence-corrected chi connectivity index (χ0v) is 14.6. The zero-order valence-electron chi connectivity index (χ0n) is 14.6. The number of alkyl carbamates (subject to hydrolysis) is 1. The first-order chi connectivity index (χ1) is 11.1. The van der Waals surface area contributed by atoms with E-state index in [9.17, 15) is 14.0 Å². The Kier molecular flexibility index (Phi) is 7.00. The molecule has 134 valence electrons. The van der Waals surface area contributed by atoms with Gasteiger partial charge in [0, 0.05) is 13.0 Å². The number of amides is 1. The Balaban J connectivity index is 2.55. The van der Waals surface area contributed by atoms with Crippen molar-refractivity contribution in [2.45, 2.75) is 45.8 Å². The van der Waals surface area contributed by atoms with Crippen LogP contribution in [-0.4, -0.2) is 37.4 Å². The number of hydrogen-bond donors (Lipinski definition) is 1. The molecular weight excluding hydrogens is 317 g/mol. The van der Waals surface area contributed by atoms with Gasteiger partial charge in [-0.25, -0.2) is 14.0 Å². The van der Waals surface area contributed by atoms with E-state index in [0.29, 0.717) is 13.0 Å². The number of halogens is 1. The standard InChI is InChI=1S/C17H24FNO5/c1-11(8-9-19-16(21)24-17(2,3)4)23-14-7-6-12(18)10-13(14)15(20)22-5/h6-7,10-11H,8-9H2,1-5H3,(H,19,21). The van der Waals surface area contributed by atoms with Gasteiger partial charge in [-0.15, -0.1) is 0 Å². The van der Waals surface area contributed by atoms with Crippen LogP contribution in [0.1, 0.15) is 44.5 Å². The van der Waals surface area contributed by atoms with E-state index < -0.39 is 23.5 Å². The largest absolute Gasteiger partial charge is 0.490 e. The first kappa shape index (κ1) is 19.7. The predicted molar refractivity (Wildman–Crippen MR) is 86.7 cm³/mol. The van der Waals surface area contributed by atoms with Crippen molar-refractivity contribution in [2.24, 2.45) is 0 Å². The molecule has 1 atom stereocenters. The summed E-state index contributed by atoms with van der Waals surface area (Å²) in [6.45, 7) is 7.45. The zero-order chi connectivity index (χ0) is 18.3. The molecule has 0 saturated carbocycles. The summed E-state index contributed by atoms with van der Waals surface area (Å²) in [5, 5.41) is 2.62. The summed E-state index contributed by atoms with van der Waals surface area (Å²) in [6.07, 6.45) is -0.336. The van der Waals surface area contributed by atoms with Gasteiger partial charge in [0.1, 0.15) is 22.7 Å². The van der Waals surface area contributed by atoms with Gasteiger partial charge in [-0.2, -0.15) is 0 Å². The SMILES string of the molecule is COC(=O)c1cc(F)ccc1OC(C)CCNC(=O)OC(C)(C)C. The monoisotopic (exact) mass is 341 g/mol. The highest BCUT2D eigenvalue weighted by atomic mass is 19.1. The van der Waals surface area contributed by atoms with Gasteiger partial charge >= 0.3 is 12.1 Å². The number of carbonyl (C=O) groups excluding carboxylic acids is 2. The maximum absolute atomic E-state index is 13.3. The Morgan fingerprint density at radius 1 is 1.29 bits per heavy atom. The Bertz CT molecular complexity index is 583. The van der Waals surface area contributed by atoms with Gasteiger partial charge in [-0.05, 0) is 45.9 Å². The minimum atomic E-state index is -0.677. The first-order valence-electron chi connectivity index (χ1n) is 7.63. The summed E-state index contributed by atoms with van der Waals surface area (Å²) < 4.78 is 28.7. The highest BCUT2D eigenvalue weighted by Gasteiger charge is 2.18. The molecule has 0 aromatic heterocycles. The van der Waals surface area contributed by atoms with Crippen molar-refractivity contribution in [3.63, 3.8) is 0 Å². The Hall–Kier alpha value is -2.31. The summed E-state index contributed by atoms with van der Waals surface area (Å²) in [5.41, 5.74) is -0.542. The number of benzene rings is 1. The number of ether oxygens (including phenoxy) is 3. The van der Waals surface area contributed by atoms with Crippen LogP contribution in [0.5, 0.6) is 5.75 Å². The molecule has 0 bridgehead atoms. The smallest absolute Gasteiger partial charge is 0.407 e. The highest BCUT2D eigenvalue weighted by Crippen LogP contribution is 2.22. The normalized spacial score (nSPS) is 12.2. The van der Waals surface area contributed by atoms with Crippen LogP contribution in [0.25, 0.3) is 0 Å². The van der Waals surface area contributed by atoms with E-state index in [2.05, 4.69) is 10.1 Å². The van der Waals surface area contributed by atoms with Crippen LogP contribution in [0, 0.1) is 5.82 Å². The number of nitrogens with one attached hydrogen (secondary N) is 1. The number of methoxy groups -OCH3 is 1. The fraction of sp³-hybridized carbons (Fsp3) is 0.529. The Morgan fingerprint density at radius 2 is 1.96 bits per heavy atom. The molecule has 0 aliphatic rings. The van der Waals surface area contributed by atoms with Crippen molar-refractivity contribution in [2.75, 3.05) is 13.7 Å². The van der Waals surface area contributed by atoms with Crippen LogP contribution in [0.4, 0.5) is 9.18 Å². The van der Waals surface area contributed by atoms with E-state index >= 15 is 0 Å². The molecule has 0 aliphatic heterocycles. The molecule has 0 heterocycles. The third-order valence-electron chi connectivity index (χ3n) is 2.89. The van der Waals surface area contributed by atoms with Crippen LogP contribution in [0.2, 0.25) is 0 Å². The molecule has 1 rings (SSSR count). The summed E-state index contributed by atoms with van der Waals surface area (Å²) in [4.78, 5) is 23.2. The highest BCUT2D eigenvalue weighted by molar-refractivity contribution is 5.92. The minimum absolute atomic E-state index is 0.0180. The summed E-state index contributed by atoms with van der Waals surface area (Å²) in [6, 6.07) is 3.64. The Labute approximate surface area is 141 Å². The lowest BCUT2D eigenvalue weighted by Crippen LogP contribution is -2.34. The molecule has 1 N–H and O–H groups in total. The molecule has 0 aliphatic carbocycles. The molecule has 7 heteroatoms. The van der Waals surface area contributed by atoms with Gasteiger partial charge in [0.15, 0.2) is 0 Å². The van der Waals surface area contributed by atoms with Gasteiger partial charge in [-0.3, -0.25) is 0 Å². The maximum Gasteiger partial charge on any atom is 0.407 e. The molecule has 6 nitrogen and oxygen atoms in total. The minimum Gasteiger partial charge on any atom is -0.490 e. The summed E-state index contributed by atoms with van der Waals surface area (Å²) >= 11 is 0. The maximum atomic E-state index is 13.3. The topological polar surface area (TPSA) is 73.9 Å². The average molecular weight is 341 g/mol. The van der Waals surface area contributed by atoms with Crippen molar-refractivity contribution in [1.29, 1.82) is 0 Å². The molecule has 1 aromatic rings. The molecule has 1 unspecified atom stereocenters.